The lowest BCUT2D eigenvalue weighted by molar-refractivity contribution is -0.137. The first-order valence-electron chi connectivity index (χ1n) is 10.9. The van der Waals surface area contributed by atoms with Crippen LogP contribution in [0.2, 0.25) is 0 Å². The van der Waals surface area contributed by atoms with Crippen LogP contribution in [-0.4, -0.2) is 46.7 Å². The first kappa shape index (κ1) is 21.5. The van der Waals surface area contributed by atoms with Crippen molar-refractivity contribution in [3.8, 4) is 0 Å². The van der Waals surface area contributed by atoms with Gasteiger partial charge in [-0.3, -0.25) is 4.79 Å². The molecule has 5 nitrogen and oxygen atoms in total. The first-order valence-corrected chi connectivity index (χ1v) is 10.9. The summed E-state index contributed by atoms with van der Waals surface area (Å²) in [5, 5.41) is 19.4. The van der Waals surface area contributed by atoms with Gasteiger partial charge in [0.2, 0.25) is 0 Å². The molecule has 0 aromatic carbocycles. The predicted octanol–water partition coefficient (Wildman–Crippen LogP) is 4.10. The van der Waals surface area contributed by atoms with Crippen molar-refractivity contribution in [2.24, 2.45) is 17.3 Å². The van der Waals surface area contributed by atoms with Crippen LogP contribution in [0, 0.1) is 17.3 Å². The molecule has 3 rings (SSSR count). The van der Waals surface area contributed by atoms with Crippen LogP contribution in [0.1, 0.15) is 65.7 Å². The van der Waals surface area contributed by atoms with Gasteiger partial charge in [0, 0.05) is 18.3 Å². The SMILES string of the molecule is CCCCC(C)(C)C(O)/C=C/C1C(C/C=C/CCCC(=O)O)C2OC1C1OC21. The van der Waals surface area contributed by atoms with Crippen molar-refractivity contribution in [1.29, 1.82) is 0 Å². The van der Waals surface area contributed by atoms with Gasteiger partial charge in [0.1, 0.15) is 12.2 Å². The molecule has 0 aromatic rings. The highest BCUT2D eigenvalue weighted by Crippen LogP contribution is 2.55. The van der Waals surface area contributed by atoms with Gasteiger partial charge >= 0.3 is 5.97 Å². The van der Waals surface area contributed by atoms with E-state index in [1.165, 1.54) is 0 Å². The Kier molecular flexibility index (Phi) is 7.00. The first-order chi connectivity index (χ1) is 13.3. The maximum atomic E-state index is 10.7. The van der Waals surface area contributed by atoms with Crippen LogP contribution >= 0.6 is 0 Å². The normalized spacial score (nSPS) is 35.0. The quantitative estimate of drug-likeness (QED) is 0.297. The van der Waals surface area contributed by atoms with Gasteiger partial charge < -0.3 is 19.7 Å². The van der Waals surface area contributed by atoms with Crippen molar-refractivity contribution < 1.29 is 24.5 Å². The Balaban J connectivity index is 1.56. The number of allylic oxidation sites excluding steroid dienone is 2. The molecule has 3 heterocycles. The van der Waals surface area contributed by atoms with Gasteiger partial charge in [0.25, 0.3) is 0 Å². The molecule has 7 atom stereocenters. The zero-order chi connectivity index (χ0) is 20.3. The van der Waals surface area contributed by atoms with E-state index in [2.05, 4.69) is 39.0 Å². The molecule has 5 heteroatoms. The van der Waals surface area contributed by atoms with Crippen molar-refractivity contribution in [2.45, 2.75) is 96.2 Å². The fourth-order valence-corrected chi connectivity index (χ4v) is 4.68. The molecule has 0 saturated carbocycles. The Labute approximate surface area is 168 Å². The Hall–Kier alpha value is -1.17. The second-order valence-electron chi connectivity index (χ2n) is 9.29. The van der Waals surface area contributed by atoms with Crippen LogP contribution in [0.5, 0.6) is 0 Å². The van der Waals surface area contributed by atoms with Gasteiger partial charge in [0.15, 0.2) is 0 Å². The Morgan fingerprint density at radius 1 is 1.11 bits per heavy atom. The number of hydrogen-bond donors (Lipinski definition) is 2. The number of rotatable bonds is 12. The minimum atomic E-state index is -0.738. The lowest BCUT2D eigenvalue weighted by atomic mass is 9.76. The Bertz CT molecular complexity index is 596. The second-order valence-corrected chi connectivity index (χ2v) is 9.29. The van der Waals surface area contributed by atoms with E-state index >= 15 is 0 Å². The van der Waals surface area contributed by atoms with Crippen LogP contribution in [0.3, 0.4) is 0 Å². The van der Waals surface area contributed by atoms with Gasteiger partial charge in [-0.1, -0.05) is 57.9 Å². The van der Waals surface area contributed by atoms with E-state index in [0.717, 1.165) is 32.1 Å². The summed E-state index contributed by atoms with van der Waals surface area (Å²) in [5.74, 6) is -0.0989. The molecule has 0 aliphatic carbocycles. The average Bonchev–Trinajstić information content (AvgIpc) is 3.28. The summed E-state index contributed by atoms with van der Waals surface area (Å²) in [5.41, 5.74) is -0.122. The summed E-state index contributed by atoms with van der Waals surface area (Å²) in [7, 11) is 0. The van der Waals surface area contributed by atoms with E-state index < -0.39 is 12.1 Å². The number of carbonyl (C=O) groups is 1. The van der Waals surface area contributed by atoms with Crippen LogP contribution in [0.25, 0.3) is 0 Å². The molecule has 28 heavy (non-hydrogen) atoms. The van der Waals surface area contributed by atoms with E-state index in [9.17, 15) is 9.90 Å². The zero-order valence-electron chi connectivity index (χ0n) is 17.4. The number of hydrogen-bond acceptors (Lipinski definition) is 4. The van der Waals surface area contributed by atoms with Crippen LogP contribution < -0.4 is 0 Å². The Morgan fingerprint density at radius 3 is 2.54 bits per heavy atom. The summed E-state index contributed by atoms with van der Waals surface area (Å²) < 4.78 is 12.0. The highest BCUT2D eigenvalue weighted by atomic mass is 16.7. The lowest BCUT2D eigenvalue weighted by Crippen LogP contribution is -2.32. The molecule has 0 aromatic heterocycles. The lowest BCUT2D eigenvalue weighted by Gasteiger charge is -2.29. The van der Waals surface area contributed by atoms with Gasteiger partial charge in [-0.15, -0.1) is 0 Å². The number of aliphatic carboxylic acids is 1. The molecule has 3 aliphatic heterocycles. The van der Waals surface area contributed by atoms with Gasteiger partial charge in [0.05, 0.1) is 18.3 Å². The third kappa shape index (κ3) is 4.87. The third-order valence-corrected chi connectivity index (χ3v) is 6.65. The molecule has 2 bridgehead atoms. The number of carboxylic acid groups (broad SMARTS) is 1. The minimum Gasteiger partial charge on any atom is -0.481 e. The number of unbranched alkanes of at least 4 members (excludes halogenated alkanes) is 2. The third-order valence-electron chi connectivity index (χ3n) is 6.65. The van der Waals surface area contributed by atoms with E-state index in [1.807, 2.05) is 6.08 Å². The molecular formula is C23H36O5. The Morgan fingerprint density at radius 2 is 1.82 bits per heavy atom. The molecule has 0 amide bonds. The monoisotopic (exact) mass is 392 g/mol. The molecule has 0 radical (unpaired) electrons. The maximum absolute atomic E-state index is 10.7. The smallest absolute Gasteiger partial charge is 0.303 e. The highest BCUT2D eigenvalue weighted by molar-refractivity contribution is 5.66. The standard InChI is InChI=1S/C23H36O5/c1-4-5-14-23(2,3)17(24)13-12-16-15(10-8-6-7-9-11-18(25)26)19-21-22(28-21)20(16)27-19/h6,8,12-13,15-17,19-22,24H,4-5,7,9-11,14H2,1-3H3,(H,25,26)/b8-6+,13-12+. The van der Waals surface area contributed by atoms with Crippen molar-refractivity contribution in [1.82, 2.24) is 0 Å². The average molecular weight is 393 g/mol. The van der Waals surface area contributed by atoms with Crippen LogP contribution in [0.15, 0.2) is 24.3 Å². The number of carboxylic acids is 1. The maximum Gasteiger partial charge on any atom is 0.303 e. The number of epoxide rings is 1. The van der Waals surface area contributed by atoms with Crippen LogP contribution in [-0.2, 0) is 14.3 Å². The number of aliphatic hydroxyl groups is 1. The zero-order valence-corrected chi connectivity index (χ0v) is 17.4. The van der Waals surface area contributed by atoms with E-state index in [1.54, 1.807) is 0 Å². The van der Waals surface area contributed by atoms with Crippen molar-refractivity contribution in [3.63, 3.8) is 0 Å². The van der Waals surface area contributed by atoms with E-state index in [0.29, 0.717) is 12.3 Å². The predicted molar refractivity (Wildman–Crippen MR) is 108 cm³/mol. The number of fused-ring (bicyclic) bond motifs is 5. The van der Waals surface area contributed by atoms with Crippen LogP contribution in [0.4, 0.5) is 0 Å². The van der Waals surface area contributed by atoms with Gasteiger partial charge in [-0.2, -0.15) is 0 Å². The molecule has 7 unspecified atom stereocenters. The molecule has 3 saturated heterocycles. The molecular weight excluding hydrogens is 356 g/mol. The molecule has 2 N–H and O–H groups in total. The topological polar surface area (TPSA) is 79.3 Å². The fourth-order valence-electron chi connectivity index (χ4n) is 4.68. The fraction of sp³-hybridized carbons (Fsp3) is 0.783. The highest BCUT2D eigenvalue weighted by Gasteiger charge is 2.68. The number of aliphatic hydroxyl groups excluding tert-OH is 1. The molecule has 158 valence electrons. The second kappa shape index (κ2) is 9.10. The van der Waals surface area contributed by atoms with Gasteiger partial charge in [-0.25, -0.2) is 0 Å². The van der Waals surface area contributed by atoms with E-state index in [-0.39, 0.29) is 42.2 Å². The summed E-state index contributed by atoms with van der Waals surface area (Å²) in [6.45, 7) is 6.44. The van der Waals surface area contributed by atoms with Crippen molar-refractivity contribution in [3.05, 3.63) is 24.3 Å². The minimum absolute atomic E-state index is 0.114. The largest absolute Gasteiger partial charge is 0.481 e. The van der Waals surface area contributed by atoms with Crippen molar-refractivity contribution >= 4 is 5.97 Å². The number of ether oxygens (including phenoxy) is 2. The van der Waals surface area contributed by atoms with Gasteiger partial charge in [-0.05, 0) is 31.1 Å². The summed E-state index contributed by atoms with van der Waals surface area (Å²) >= 11 is 0. The summed E-state index contributed by atoms with van der Waals surface area (Å²) in [6.07, 6.45) is 14.6. The molecule has 3 aliphatic rings. The summed E-state index contributed by atoms with van der Waals surface area (Å²) in [6, 6.07) is 0. The molecule has 0 spiro atoms. The molecule has 3 fully saturated rings. The summed E-state index contributed by atoms with van der Waals surface area (Å²) in [4.78, 5) is 10.6. The van der Waals surface area contributed by atoms with E-state index in [4.69, 9.17) is 14.6 Å². The van der Waals surface area contributed by atoms with Crippen molar-refractivity contribution in [2.75, 3.05) is 0 Å².